The van der Waals surface area contributed by atoms with Crippen LogP contribution in [-0.2, 0) is 16.6 Å². The van der Waals surface area contributed by atoms with Gasteiger partial charge < -0.3 is 5.11 Å². The number of carboxylic acids is 1. The zero-order valence-corrected chi connectivity index (χ0v) is 17.0. The quantitative estimate of drug-likeness (QED) is 0.574. The lowest BCUT2D eigenvalue weighted by atomic mass is 9.65. The summed E-state index contributed by atoms with van der Waals surface area (Å²) in [7, 11) is 0. The molecule has 0 radical (unpaired) electrons. The molecule has 2 aromatic rings. The average Bonchev–Trinajstić information content (AvgIpc) is 2.70. The average molecular weight is 383 g/mol. The maximum absolute atomic E-state index is 15.1. The Labute approximate surface area is 167 Å². The Hall–Kier alpha value is -2.16. The van der Waals surface area contributed by atoms with E-state index in [4.69, 9.17) is 0 Å². The van der Waals surface area contributed by atoms with Gasteiger partial charge in [-0.05, 0) is 60.8 Å². The van der Waals surface area contributed by atoms with Crippen LogP contribution in [0, 0.1) is 11.7 Å². The highest BCUT2D eigenvalue weighted by Gasteiger charge is 2.44. The number of carbonyl (C=O) groups is 1. The standard InChI is InChI=1S/C25H31FO2/c1-3-5-18-7-9-20(10-8-18)21-11-12-22(23(26)17-21)25(24(27)28)15-13-19(6-4-2)14-16-25/h7-12,17,19H,3-6,13-16H2,1-2H3,(H,27,28). The van der Waals surface area contributed by atoms with Gasteiger partial charge in [-0.1, -0.05) is 69.5 Å². The van der Waals surface area contributed by atoms with Gasteiger partial charge in [0.1, 0.15) is 5.82 Å². The van der Waals surface area contributed by atoms with Crippen molar-refractivity contribution < 1.29 is 14.3 Å². The van der Waals surface area contributed by atoms with Crippen LogP contribution in [0.5, 0.6) is 0 Å². The largest absolute Gasteiger partial charge is 0.481 e. The first-order valence-corrected chi connectivity index (χ1v) is 10.6. The summed E-state index contributed by atoms with van der Waals surface area (Å²) >= 11 is 0. The maximum Gasteiger partial charge on any atom is 0.314 e. The van der Waals surface area contributed by atoms with E-state index in [0.717, 1.165) is 49.7 Å². The molecule has 0 spiro atoms. The van der Waals surface area contributed by atoms with E-state index >= 15 is 4.39 Å². The summed E-state index contributed by atoms with van der Waals surface area (Å²) in [5.41, 5.74) is 2.29. The molecule has 1 saturated carbocycles. The Bertz CT molecular complexity index is 802. The van der Waals surface area contributed by atoms with Gasteiger partial charge >= 0.3 is 5.97 Å². The summed E-state index contributed by atoms with van der Waals surface area (Å²) in [4.78, 5) is 12.2. The van der Waals surface area contributed by atoms with Crippen LogP contribution in [0.1, 0.15) is 69.9 Å². The Morgan fingerprint density at radius 3 is 2.21 bits per heavy atom. The molecule has 0 aliphatic heterocycles. The van der Waals surface area contributed by atoms with Crippen LogP contribution in [-0.4, -0.2) is 11.1 Å². The molecule has 1 aliphatic rings. The second-order valence-electron chi connectivity index (χ2n) is 8.26. The smallest absolute Gasteiger partial charge is 0.314 e. The number of carboxylic acid groups (broad SMARTS) is 1. The zero-order chi connectivity index (χ0) is 20.1. The van der Waals surface area contributed by atoms with E-state index < -0.39 is 17.2 Å². The van der Waals surface area contributed by atoms with Crippen molar-refractivity contribution in [1.29, 1.82) is 0 Å². The summed E-state index contributed by atoms with van der Waals surface area (Å²) in [5.74, 6) is -0.717. The molecule has 0 bridgehead atoms. The van der Waals surface area contributed by atoms with E-state index in [-0.39, 0.29) is 0 Å². The maximum atomic E-state index is 15.1. The van der Waals surface area contributed by atoms with Crippen LogP contribution in [0.3, 0.4) is 0 Å². The molecule has 2 aromatic carbocycles. The van der Waals surface area contributed by atoms with Crippen LogP contribution in [0.15, 0.2) is 42.5 Å². The molecule has 0 saturated heterocycles. The molecule has 0 aromatic heterocycles. The van der Waals surface area contributed by atoms with Gasteiger partial charge in [0.05, 0.1) is 5.41 Å². The molecule has 0 atom stereocenters. The summed E-state index contributed by atoms with van der Waals surface area (Å²) in [6.45, 7) is 4.31. The Balaban J connectivity index is 1.87. The summed E-state index contributed by atoms with van der Waals surface area (Å²) in [6.07, 6.45) is 7.15. The van der Waals surface area contributed by atoms with E-state index in [0.29, 0.717) is 24.3 Å². The molecule has 28 heavy (non-hydrogen) atoms. The Morgan fingerprint density at radius 2 is 1.68 bits per heavy atom. The highest BCUT2D eigenvalue weighted by molar-refractivity contribution is 5.82. The first-order chi connectivity index (χ1) is 13.5. The lowest BCUT2D eigenvalue weighted by molar-refractivity contribution is -0.145. The summed E-state index contributed by atoms with van der Waals surface area (Å²) in [5, 5.41) is 9.98. The van der Waals surface area contributed by atoms with Crippen LogP contribution in [0.2, 0.25) is 0 Å². The van der Waals surface area contributed by atoms with Crippen molar-refractivity contribution in [2.24, 2.45) is 5.92 Å². The number of rotatable bonds is 7. The minimum Gasteiger partial charge on any atom is -0.481 e. The molecule has 1 fully saturated rings. The molecule has 0 amide bonds. The number of aliphatic carboxylic acids is 1. The molecule has 3 heteroatoms. The van der Waals surface area contributed by atoms with E-state index in [9.17, 15) is 9.90 Å². The van der Waals surface area contributed by atoms with Crippen LogP contribution in [0.25, 0.3) is 11.1 Å². The third kappa shape index (κ3) is 4.14. The highest BCUT2D eigenvalue weighted by atomic mass is 19.1. The second-order valence-corrected chi connectivity index (χ2v) is 8.26. The Kier molecular flexibility index (Phi) is 6.53. The number of hydrogen-bond donors (Lipinski definition) is 1. The molecular formula is C25H31FO2. The first-order valence-electron chi connectivity index (χ1n) is 10.6. The minimum atomic E-state index is -1.09. The fraction of sp³-hybridized carbons (Fsp3) is 0.480. The molecule has 1 N–H and O–H groups in total. The molecule has 0 heterocycles. The summed E-state index contributed by atoms with van der Waals surface area (Å²) < 4.78 is 15.1. The lowest BCUT2D eigenvalue weighted by Gasteiger charge is -2.37. The van der Waals surface area contributed by atoms with Crippen LogP contribution in [0.4, 0.5) is 4.39 Å². The second kappa shape index (κ2) is 8.89. The van der Waals surface area contributed by atoms with E-state index in [2.05, 4.69) is 26.0 Å². The predicted octanol–water partition coefficient (Wildman–Crippen LogP) is 6.76. The molecule has 3 rings (SSSR count). The first kappa shape index (κ1) is 20.6. The van der Waals surface area contributed by atoms with Crippen molar-refractivity contribution in [2.45, 2.75) is 70.6 Å². The normalized spacial score (nSPS) is 22.2. The van der Waals surface area contributed by atoms with Crippen molar-refractivity contribution in [3.63, 3.8) is 0 Å². The van der Waals surface area contributed by atoms with Gasteiger partial charge in [-0.2, -0.15) is 0 Å². The van der Waals surface area contributed by atoms with Gasteiger partial charge in [0.2, 0.25) is 0 Å². The molecular weight excluding hydrogens is 351 g/mol. The van der Waals surface area contributed by atoms with E-state index in [1.807, 2.05) is 18.2 Å². The van der Waals surface area contributed by atoms with Gasteiger partial charge in [-0.3, -0.25) is 4.79 Å². The summed E-state index contributed by atoms with van der Waals surface area (Å²) in [6, 6.07) is 13.3. The van der Waals surface area contributed by atoms with Crippen molar-refractivity contribution in [3.05, 3.63) is 59.4 Å². The number of benzene rings is 2. The van der Waals surface area contributed by atoms with Gasteiger partial charge in [0.15, 0.2) is 0 Å². The fourth-order valence-electron chi connectivity index (χ4n) is 4.70. The number of aryl methyl sites for hydroxylation is 1. The van der Waals surface area contributed by atoms with E-state index in [1.54, 1.807) is 6.07 Å². The third-order valence-corrected chi connectivity index (χ3v) is 6.38. The lowest BCUT2D eigenvalue weighted by Crippen LogP contribution is -2.40. The fourth-order valence-corrected chi connectivity index (χ4v) is 4.70. The van der Waals surface area contributed by atoms with Gasteiger partial charge in [-0.15, -0.1) is 0 Å². The zero-order valence-electron chi connectivity index (χ0n) is 17.0. The minimum absolute atomic E-state index is 0.348. The van der Waals surface area contributed by atoms with Crippen molar-refractivity contribution in [3.8, 4) is 11.1 Å². The predicted molar refractivity (Wildman–Crippen MR) is 112 cm³/mol. The number of hydrogen-bond acceptors (Lipinski definition) is 1. The topological polar surface area (TPSA) is 37.3 Å². The Morgan fingerprint density at radius 1 is 1.04 bits per heavy atom. The van der Waals surface area contributed by atoms with Gasteiger partial charge in [0.25, 0.3) is 0 Å². The van der Waals surface area contributed by atoms with Gasteiger partial charge in [0, 0.05) is 5.56 Å². The van der Waals surface area contributed by atoms with Crippen molar-refractivity contribution in [2.75, 3.05) is 0 Å². The molecule has 0 unspecified atom stereocenters. The van der Waals surface area contributed by atoms with E-state index in [1.165, 1.54) is 11.6 Å². The highest BCUT2D eigenvalue weighted by Crippen LogP contribution is 2.44. The number of halogens is 1. The van der Waals surface area contributed by atoms with Crippen molar-refractivity contribution >= 4 is 5.97 Å². The monoisotopic (exact) mass is 382 g/mol. The molecule has 150 valence electrons. The van der Waals surface area contributed by atoms with Crippen LogP contribution >= 0.6 is 0 Å². The van der Waals surface area contributed by atoms with Crippen molar-refractivity contribution in [1.82, 2.24) is 0 Å². The van der Waals surface area contributed by atoms with Crippen LogP contribution < -0.4 is 0 Å². The molecule has 1 aliphatic carbocycles. The molecule has 2 nitrogen and oxygen atoms in total. The SMILES string of the molecule is CCCc1ccc(-c2ccc(C3(C(=O)O)CCC(CCC)CC3)c(F)c2)cc1. The van der Waals surface area contributed by atoms with Gasteiger partial charge in [-0.25, -0.2) is 4.39 Å². The third-order valence-electron chi connectivity index (χ3n) is 6.38.